The summed E-state index contributed by atoms with van der Waals surface area (Å²) >= 11 is 1.98. The van der Waals surface area contributed by atoms with E-state index < -0.39 is 0 Å². The lowest BCUT2D eigenvalue weighted by Gasteiger charge is -2.34. The number of hydrogen-bond acceptors (Lipinski definition) is 2. The summed E-state index contributed by atoms with van der Waals surface area (Å²) in [5.74, 6) is 3.22. The number of rotatable bonds is 4. The molecule has 0 radical (unpaired) electrons. The third-order valence-electron chi connectivity index (χ3n) is 3.31. The second-order valence-electron chi connectivity index (χ2n) is 4.35. The van der Waals surface area contributed by atoms with Crippen LogP contribution in [0.25, 0.3) is 0 Å². The first kappa shape index (κ1) is 11.4. The van der Waals surface area contributed by atoms with Crippen molar-refractivity contribution < 1.29 is 0 Å². The summed E-state index contributed by atoms with van der Waals surface area (Å²) in [5, 5.41) is 3.47. The molecule has 0 spiro atoms. The van der Waals surface area contributed by atoms with Crippen molar-refractivity contribution in [2.24, 2.45) is 11.8 Å². The molecule has 13 heavy (non-hydrogen) atoms. The van der Waals surface area contributed by atoms with Gasteiger partial charge in [0.25, 0.3) is 0 Å². The van der Waals surface area contributed by atoms with E-state index in [1.807, 2.05) is 11.8 Å². The maximum absolute atomic E-state index is 3.47. The predicted molar refractivity (Wildman–Crippen MR) is 62.4 cm³/mol. The molecule has 3 unspecified atom stereocenters. The molecular weight excluding hydrogens is 178 g/mol. The summed E-state index contributed by atoms with van der Waals surface area (Å²) in [6.45, 7) is 2.40. The maximum Gasteiger partial charge on any atom is 0.00928 e. The number of thioether (sulfide) groups is 1. The van der Waals surface area contributed by atoms with Crippen LogP contribution in [0.4, 0.5) is 0 Å². The van der Waals surface area contributed by atoms with Gasteiger partial charge in [-0.15, -0.1) is 0 Å². The van der Waals surface area contributed by atoms with Crippen LogP contribution in [0, 0.1) is 11.8 Å². The zero-order valence-corrected chi connectivity index (χ0v) is 9.99. The Balaban J connectivity index is 2.35. The van der Waals surface area contributed by atoms with Crippen molar-refractivity contribution in [1.29, 1.82) is 0 Å². The highest BCUT2D eigenvalue weighted by Gasteiger charge is 2.26. The molecule has 2 heteroatoms. The first-order valence-electron chi connectivity index (χ1n) is 5.44. The number of hydrogen-bond donors (Lipinski definition) is 1. The van der Waals surface area contributed by atoms with E-state index in [0.717, 1.165) is 17.9 Å². The zero-order chi connectivity index (χ0) is 9.68. The Hall–Kier alpha value is 0.310. The first-order valence-corrected chi connectivity index (χ1v) is 6.83. The summed E-state index contributed by atoms with van der Waals surface area (Å²) in [4.78, 5) is 0. The maximum atomic E-state index is 3.47. The highest BCUT2D eigenvalue weighted by Crippen LogP contribution is 2.31. The van der Waals surface area contributed by atoms with Gasteiger partial charge in [-0.1, -0.05) is 6.92 Å². The van der Waals surface area contributed by atoms with Gasteiger partial charge in [0.15, 0.2) is 0 Å². The van der Waals surface area contributed by atoms with E-state index in [0.29, 0.717) is 0 Å². The molecule has 1 fully saturated rings. The van der Waals surface area contributed by atoms with E-state index in [2.05, 4.69) is 25.5 Å². The summed E-state index contributed by atoms with van der Waals surface area (Å²) in [6.07, 6.45) is 7.85. The van der Waals surface area contributed by atoms with Gasteiger partial charge in [0.1, 0.15) is 0 Å². The lowest BCUT2D eigenvalue weighted by atomic mass is 9.77. The lowest BCUT2D eigenvalue weighted by molar-refractivity contribution is 0.217. The van der Waals surface area contributed by atoms with Crippen LogP contribution in [0.1, 0.15) is 32.6 Å². The highest BCUT2D eigenvalue weighted by atomic mass is 32.2. The van der Waals surface area contributed by atoms with Crippen molar-refractivity contribution in [3.8, 4) is 0 Å². The molecule has 0 amide bonds. The average Bonchev–Trinajstić information content (AvgIpc) is 2.15. The Morgan fingerprint density at radius 3 is 2.77 bits per heavy atom. The summed E-state index contributed by atoms with van der Waals surface area (Å²) in [7, 11) is 2.12. The quantitative estimate of drug-likeness (QED) is 0.750. The summed E-state index contributed by atoms with van der Waals surface area (Å²) in [5.41, 5.74) is 0. The topological polar surface area (TPSA) is 12.0 Å². The molecule has 0 aliphatic heterocycles. The first-order chi connectivity index (χ1) is 6.27. The molecule has 0 aromatic rings. The van der Waals surface area contributed by atoms with Gasteiger partial charge in [0.05, 0.1) is 0 Å². The molecule has 0 heterocycles. The smallest absolute Gasteiger partial charge is 0.00928 e. The third-order valence-corrected chi connectivity index (χ3v) is 3.95. The van der Waals surface area contributed by atoms with E-state index in [1.165, 1.54) is 31.4 Å². The van der Waals surface area contributed by atoms with Crippen LogP contribution in [-0.2, 0) is 0 Å². The van der Waals surface area contributed by atoms with Crippen molar-refractivity contribution in [1.82, 2.24) is 5.32 Å². The monoisotopic (exact) mass is 201 g/mol. The highest BCUT2D eigenvalue weighted by molar-refractivity contribution is 7.98. The van der Waals surface area contributed by atoms with Gasteiger partial charge in [-0.2, -0.15) is 11.8 Å². The minimum absolute atomic E-state index is 0.795. The standard InChI is InChI=1S/C11H23NS/c1-9-4-5-11(12-2)10(8-9)6-7-13-3/h9-12H,4-8H2,1-3H3. The van der Waals surface area contributed by atoms with E-state index >= 15 is 0 Å². The molecule has 1 nitrogen and oxygen atoms in total. The van der Waals surface area contributed by atoms with Crippen LogP contribution < -0.4 is 5.32 Å². The van der Waals surface area contributed by atoms with Crippen LogP contribution >= 0.6 is 11.8 Å². The van der Waals surface area contributed by atoms with Gasteiger partial charge in [-0.25, -0.2) is 0 Å². The van der Waals surface area contributed by atoms with E-state index in [4.69, 9.17) is 0 Å². The van der Waals surface area contributed by atoms with Gasteiger partial charge < -0.3 is 5.32 Å². The molecular formula is C11H23NS. The van der Waals surface area contributed by atoms with Crippen molar-refractivity contribution >= 4 is 11.8 Å². The van der Waals surface area contributed by atoms with Gasteiger partial charge in [0.2, 0.25) is 0 Å². The molecule has 0 aromatic carbocycles. The molecule has 1 rings (SSSR count). The van der Waals surface area contributed by atoms with Crippen LogP contribution in [0.2, 0.25) is 0 Å². The zero-order valence-electron chi connectivity index (χ0n) is 9.18. The molecule has 0 bridgehead atoms. The second kappa shape index (κ2) is 5.92. The molecule has 0 saturated heterocycles. The number of nitrogens with one attached hydrogen (secondary N) is 1. The molecule has 78 valence electrons. The predicted octanol–water partition coefficient (Wildman–Crippen LogP) is 2.76. The SMILES string of the molecule is CNC1CCC(C)CC1CCSC. The van der Waals surface area contributed by atoms with Gasteiger partial charge >= 0.3 is 0 Å². The molecule has 3 atom stereocenters. The Morgan fingerprint density at radius 1 is 1.38 bits per heavy atom. The summed E-state index contributed by atoms with van der Waals surface area (Å²) < 4.78 is 0. The molecule has 1 aliphatic rings. The van der Waals surface area contributed by atoms with Gasteiger partial charge in [-0.3, -0.25) is 0 Å². The fraction of sp³-hybridized carbons (Fsp3) is 1.00. The largest absolute Gasteiger partial charge is 0.317 e. The molecule has 1 saturated carbocycles. The summed E-state index contributed by atoms with van der Waals surface area (Å²) in [6, 6.07) is 0.795. The fourth-order valence-electron chi connectivity index (χ4n) is 2.47. The normalized spacial score (nSPS) is 34.8. The van der Waals surface area contributed by atoms with Crippen molar-refractivity contribution in [2.75, 3.05) is 19.1 Å². The third kappa shape index (κ3) is 3.51. The minimum Gasteiger partial charge on any atom is -0.317 e. The van der Waals surface area contributed by atoms with Crippen LogP contribution in [0.15, 0.2) is 0 Å². The average molecular weight is 201 g/mol. The Labute approximate surface area is 87.1 Å². The second-order valence-corrected chi connectivity index (χ2v) is 5.34. The van der Waals surface area contributed by atoms with Crippen molar-refractivity contribution in [3.63, 3.8) is 0 Å². The van der Waals surface area contributed by atoms with Crippen molar-refractivity contribution in [3.05, 3.63) is 0 Å². The van der Waals surface area contributed by atoms with Gasteiger partial charge in [-0.05, 0) is 56.6 Å². The van der Waals surface area contributed by atoms with Crippen LogP contribution in [0.3, 0.4) is 0 Å². The van der Waals surface area contributed by atoms with E-state index in [9.17, 15) is 0 Å². The van der Waals surface area contributed by atoms with E-state index in [1.54, 1.807) is 0 Å². The Bertz CT molecular complexity index is 138. The van der Waals surface area contributed by atoms with Crippen LogP contribution in [0.5, 0.6) is 0 Å². The fourth-order valence-corrected chi connectivity index (χ4v) is 3.01. The molecule has 0 aromatic heterocycles. The minimum atomic E-state index is 0.795. The lowest BCUT2D eigenvalue weighted by Crippen LogP contribution is -2.38. The van der Waals surface area contributed by atoms with E-state index in [-0.39, 0.29) is 0 Å². The van der Waals surface area contributed by atoms with Crippen molar-refractivity contribution in [2.45, 2.75) is 38.6 Å². The van der Waals surface area contributed by atoms with Crippen LogP contribution in [-0.4, -0.2) is 25.1 Å². The van der Waals surface area contributed by atoms with Gasteiger partial charge in [0, 0.05) is 6.04 Å². The Kier molecular flexibility index (Phi) is 5.18. The molecule has 1 N–H and O–H groups in total. The molecule has 1 aliphatic carbocycles. The Morgan fingerprint density at radius 2 is 2.15 bits per heavy atom.